The standard InChI is InChI=1S/C18H23N3/c1-3-21(17-6-4-5-14(2)11-17)18-9-10-19-12-15(18)13-20-16-7-8-16/h4-6,9-12,16,20H,3,7-8,13H2,1-2H3. The predicted octanol–water partition coefficient (Wildman–Crippen LogP) is 3.80. The van der Waals surface area contributed by atoms with Crippen molar-refractivity contribution in [1.82, 2.24) is 10.3 Å². The predicted molar refractivity (Wildman–Crippen MR) is 88.0 cm³/mol. The summed E-state index contributed by atoms with van der Waals surface area (Å²) in [5, 5.41) is 3.59. The molecule has 21 heavy (non-hydrogen) atoms. The van der Waals surface area contributed by atoms with Gasteiger partial charge in [0.25, 0.3) is 0 Å². The number of rotatable bonds is 6. The van der Waals surface area contributed by atoms with E-state index in [1.807, 2.05) is 12.4 Å². The van der Waals surface area contributed by atoms with Crippen molar-refractivity contribution >= 4 is 11.4 Å². The molecular formula is C18H23N3. The van der Waals surface area contributed by atoms with Crippen LogP contribution < -0.4 is 10.2 Å². The third-order valence-corrected chi connectivity index (χ3v) is 3.96. The highest BCUT2D eigenvalue weighted by atomic mass is 15.1. The van der Waals surface area contributed by atoms with Crippen molar-refractivity contribution in [2.75, 3.05) is 11.4 Å². The van der Waals surface area contributed by atoms with Crippen molar-refractivity contribution in [3.63, 3.8) is 0 Å². The largest absolute Gasteiger partial charge is 0.341 e. The molecule has 1 aliphatic rings. The van der Waals surface area contributed by atoms with Crippen LogP contribution >= 0.6 is 0 Å². The van der Waals surface area contributed by atoms with Gasteiger partial charge in [-0.3, -0.25) is 4.98 Å². The van der Waals surface area contributed by atoms with Crippen LogP contribution in [0, 0.1) is 6.92 Å². The van der Waals surface area contributed by atoms with Gasteiger partial charge in [0, 0.05) is 48.5 Å². The van der Waals surface area contributed by atoms with Gasteiger partial charge < -0.3 is 10.2 Å². The molecule has 1 saturated carbocycles. The Labute approximate surface area is 127 Å². The number of aryl methyl sites for hydroxylation is 1. The van der Waals surface area contributed by atoms with Gasteiger partial charge in [0.15, 0.2) is 0 Å². The Balaban J connectivity index is 1.88. The number of anilines is 2. The topological polar surface area (TPSA) is 28.2 Å². The number of benzene rings is 1. The summed E-state index contributed by atoms with van der Waals surface area (Å²) < 4.78 is 0. The summed E-state index contributed by atoms with van der Waals surface area (Å²) in [6, 6.07) is 11.5. The highest BCUT2D eigenvalue weighted by Gasteiger charge is 2.21. The molecule has 1 aromatic heterocycles. The number of pyridine rings is 1. The van der Waals surface area contributed by atoms with Crippen molar-refractivity contribution in [3.8, 4) is 0 Å². The van der Waals surface area contributed by atoms with Crippen molar-refractivity contribution < 1.29 is 0 Å². The maximum atomic E-state index is 4.30. The van der Waals surface area contributed by atoms with Crippen molar-refractivity contribution in [1.29, 1.82) is 0 Å². The van der Waals surface area contributed by atoms with E-state index in [0.717, 1.165) is 13.1 Å². The zero-order chi connectivity index (χ0) is 14.7. The second kappa shape index (κ2) is 6.27. The summed E-state index contributed by atoms with van der Waals surface area (Å²) in [5.41, 5.74) is 5.06. The molecule has 1 N–H and O–H groups in total. The minimum atomic E-state index is 0.715. The molecule has 0 unspecified atom stereocenters. The van der Waals surface area contributed by atoms with Crippen molar-refractivity contribution in [2.24, 2.45) is 0 Å². The molecule has 0 radical (unpaired) electrons. The van der Waals surface area contributed by atoms with Gasteiger partial charge in [0.1, 0.15) is 0 Å². The Morgan fingerprint density at radius 2 is 2.14 bits per heavy atom. The smallest absolute Gasteiger partial charge is 0.0487 e. The van der Waals surface area contributed by atoms with E-state index in [1.165, 1.54) is 35.3 Å². The van der Waals surface area contributed by atoms with Crippen LogP contribution in [0.4, 0.5) is 11.4 Å². The lowest BCUT2D eigenvalue weighted by atomic mass is 10.1. The Hall–Kier alpha value is -1.87. The van der Waals surface area contributed by atoms with Crippen LogP contribution in [0.3, 0.4) is 0 Å². The molecule has 3 nitrogen and oxygen atoms in total. The van der Waals surface area contributed by atoms with Gasteiger partial charge in [0.05, 0.1) is 0 Å². The van der Waals surface area contributed by atoms with Gasteiger partial charge in [0.2, 0.25) is 0 Å². The minimum Gasteiger partial charge on any atom is -0.341 e. The van der Waals surface area contributed by atoms with E-state index in [-0.39, 0.29) is 0 Å². The summed E-state index contributed by atoms with van der Waals surface area (Å²) in [5.74, 6) is 0. The van der Waals surface area contributed by atoms with Crippen LogP contribution in [0.1, 0.15) is 30.9 Å². The molecule has 0 aliphatic heterocycles. The molecule has 0 bridgehead atoms. The number of nitrogens with zero attached hydrogens (tertiary/aromatic N) is 2. The second-order valence-electron chi connectivity index (χ2n) is 5.74. The molecule has 1 fully saturated rings. The van der Waals surface area contributed by atoms with Crippen LogP contribution in [0.15, 0.2) is 42.7 Å². The molecule has 1 heterocycles. The molecule has 0 saturated heterocycles. The fourth-order valence-corrected chi connectivity index (χ4v) is 2.65. The van der Waals surface area contributed by atoms with Crippen LogP contribution in [0.25, 0.3) is 0 Å². The highest BCUT2D eigenvalue weighted by Crippen LogP contribution is 2.29. The lowest BCUT2D eigenvalue weighted by Crippen LogP contribution is -2.21. The molecule has 0 spiro atoms. The Morgan fingerprint density at radius 1 is 1.29 bits per heavy atom. The van der Waals surface area contributed by atoms with E-state index < -0.39 is 0 Å². The van der Waals surface area contributed by atoms with Crippen LogP contribution in [-0.4, -0.2) is 17.6 Å². The number of hydrogen-bond acceptors (Lipinski definition) is 3. The van der Waals surface area contributed by atoms with E-state index in [0.29, 0.717) is 6.04 Å². The average molecular weight is 281 g/mol. The number of hydrogen-bond donors (Lipinski definition) is 1. The summed E-state index contributed by atoms with van der Waals surface area (Å²) in [6.07, 6.45) is 6.49. The van der Waals surface area contributed by atoms with Gasteiger partial charge in [-0.2, -0.15) is 0 Å². The van der Waals surface area contributed by atoms with E-state index in [1.54, 1.807) is 0 Å². The first kappa shape index (κ1) is 14.1. The first-order chi connectivity index (χ1) is 10.3. The van der Waals surface area contributed by atoms with Gasteiger partial charge in [-0.05, 0) is 50.5 Å². The summed E-state index contributed by atoms with van der Waals surface area (Å²) in [6.45, 7) is 6.18. The summed E-state index contributed by atoms with van der Waals surface area (Å²) in [4.78, 5) is 6.66. The summed E-state index contributed by atoms with van der Waals surface area (Å²) >= 11 is 0. The molecule has 3 rings (SSSR count). The lowest BCUT2D eigenvalue weighted by molar-refractivity contribution is 0.685. The minimum absolute atomic E-state index is 0.715. The molecule has 0 amide bonds. The van der Waals surface area contributed by atoms with E-state index in [9.17, 15) is 0 Å². The third kappa shape index (κ3) is 3.42. The molecule has 1 aliphatic carbocycles. The van der Waals surface area contributed by atoms with Crippen LogP contribution in [-0.2, 0) is 6.54 Å². The number of aromatic nitrogens is 1. The fraction of sp³-hybridized carbons (Fsp3) is 0.389. The van der Waals surface area contributed by atoms with E-state index in [4.69, 9.17) is 0 Å². The van der Waals surface area contributed by atoms with Gasteiger partial charge in [-0.25, -0.2) is 0 Å². The average Bonchev–Trinajstić information content (AvgIpc) is 3.31. The zero-order valence-electron chi connectivity index (χ0n) is 12.8. The Morgan fingerprint density at radius 3 is 2.86 bits per heavy atom. The van der Waals surface area contributed by atoms with Gasteiger partial charge in [-0.15, -0.1) is 0 Å². The maximum absolute atomic E-state index is 4.30. The monoisotopic (exact) mass is 281 g/mol. The van der Waals surface area contributed by atoms with E-state index >= 15 is 0 Å². The highest BCUT2D eigenvalue weighted by molar-refractivity contribution is 5.66. The molecule has 1 aromatic carbocycles. The summed E-state index contributed by atoms with van der Waals surface area (Å²) in [7, 11) is 0. The SMILES string of the molecule is CCN(c1cccc(C)c1)c1ccncc1CNC1CC1. The van der Waals surface area contributed by atoms with Gasteiger partial charge in [-0.1, -0.05) is 12.1 Å². The first-order valence-electron chi connectivity index (χ1n) is 7.78. The Bertz CT molecular complexity index is 605. The van der Waals surface area contributed by atoms with Crippen molar-refractivity contribution in [3.05, 3.63) is 53.9 Å². The molecular weight excluding hydrogens is 258 g/mol. The maximum Gasteiger partial charge on any atom is 0.0487 e. The molecule has 110 valence electrons. The molecule has 3 heteroatoms. The van der Waals surface area contributed by atoms with Gasteiger partial charge >= 0.3 is 0 Å². The second-order valence-corrected chi connectivity index (χ2v) is 5.74. The first-order valence-corrected chi connectivity index (χ1v) is 7.78. The third-order valence-electron chi connectivity index (χ3n) is 3.96. The molecule has 0 atom stereocenters. The normalized spacial score (nSPS) is 14.2. The fourth-order valence-electron chi connectivity index (χ4n) is 2.65. The van der Waals surface area contributed by atoms with Crippen LogP contribution in [0.2, 0.25) is 0 Å². The lowest BCUT2D eigenvalue weighted by Gasteiger charge is -2.26. The zero-order valence-corrected chi connectivity index (χ0v) is 12.8. The quantitative estimate of drug-likeness (QED) is 0.873. The van der Waals surface area contributed by atoms with Crippen LogP contribution in [0.5, 0.6) is 0 Å². The molecule has 2 aromatic rings. The van der Waals surface area contributed by atoms with E-state index in [2.05, 4.69) is 59.4 Å². The van der Waals surface area contributed by atoms with Crippen molar-refractivity contribution in [2.45, 2.75) is 39.3 Å². The number of nitrogens with one attached hydrogen (secondary N) is 1. The Kier molecular flexibility index (Phi) is 4.20.